The van der Waals surface area contributed by atoms with Crippen LogP contribution < -0.4 is 5.32 Å². The van der Waals surface area contributed by atoms with Gasteiger partial charge in [0, 0.05) is 7.05 Å². The van der Waals surface area contributed by atoms with Crippen LogP contribution in [-0.2, 0) is 4.74 Å². The average molecular weight is 247 g/mol. The van der Waals surface area contributed by atoms with Crippen molar-refractivity contribution in [2.75, 3.05) is 26.0 Å². The summed E-state index contributed by atoms with van der Waals surface area (Å²) in [5.41, 5.74) is 0.609. The van der Waals surface area contributed by atoms with Crippen LogP contribution in [0.1, 0.15) is 10.4 Å². The zero-order valence-electron chi connectivity index (χ0n) is 10.1. The maximum Gasteiger partial charge on any atom is 0.339 e. The van der Waals surface area contributed by atoms with Crippen molar-refractivity contribution in [3.8, 4) is 6.07 Å². The van der Waals surface area contributed by atoms with Crippen molar-refractivity contribution >= 4 is 17.7 Å². The Kier molecular flexibility index (Phi) is 4.69. The molecule has 0 atom stereocenters. The van der Waals surface area contributed by atoms with Gasteiger partial charge in [0.25, 0.3) is 0 Å². The summed E-state index contributed by atoms with van der Waals surface area (Å²) >= 11 is 0. The second-order valence-electron chi connectivity index (χ2n) is 3.48. The molecule has 6 nitrogen and oxygen atoms in total. The third-order valence-electron chi connectivity index (χ3n) is 2.23. The number of esters is 1. The van der Waals surface area contributed by atoms with E-state index >= 15 is 0 Å². The van der Waals surface area contributed by atoms with Crippen molar-refractivity contribution in [3.63, 3.8) is 0 Å². The minimum Gasteiger partial charge on any atom is -0.465 e. The summed E-state index contributed by atoms with van der Waals surface area (Å²) in [6.07, 6.45) is 0. The molecule has 0 saturated carbocycles. The minimum atomic E-state index is -0.533. The van der Waals surface area contributed by atoms with Crippen LogP contribution in [0.2, 0.25) is 0 Å². The van der Waals surface area contributed by atoms with Gasteiger partial charge in [-0.2, -0.15) is 5.26 Å². The molecule has 0 aromatic heterocycles. The van der Waals surface area contributed by atoms with Crippen molar-refractivity contribution in [2.24, 2.45) is 0 Å². The number of rotatable bonds is 3. The minimum absolute atomic E-state index is 0.0355. The third kappa shape index (κ3) is 3.22. The summed E-state index contributed by atoms with van der Waals surface area (Å²) in [4.78, 5) is 24.4. The van der Waals surface area contributed by atoms with Gasteiger partial charge in [0.1, 0.15) is 6.54 Å². The van der Waals surface area contributed by atoms with Crippen LogP contribution in [0.4, 0.5) is 10.5 Å². The lowest BCUT2D eigenvalue weighted by Crippen LogP contribution is -2.32. The number of methoxy groups -OCH3 is 1. The number of urea groups is 1. The number of benzene rings is 1. The summed E-state index contributed by atoms with van der Waals surface area (Å²) in [6.45, 7) is -0.0355. The van der Waals surface area contributed by atoms with E-state index in [9.17, 15) is 9.59 Å². The highest BCUT2D eigenvalue weighted by molar-refractivity contribution is 6.00. The standard InChI is InChI=1S/C12H13N3O3/c1-15(8-7-13)12(17)14-10-6-4-3-5-9(10)11(16)18-2/h3-6H,8H2,1-2H3,(H,14,17). The highest BCUT2D eigenvalue weighted by Gasteiger charge is 2.14. The molecule has 0 unspecified atom stereocenters. The van der Waals surface area contributed by atoms with Gasteiger partial charge < -0.3 is 15.0 Å². The average Bonchev–Trinajstić information content (AvgIpc) is 2.38. The van der Waals surface area contributed by atoms with E-state index in [2.05, 4.69) is 10.1 Å². The van der Waals surface area contributed by atoms with Crippen LogP contribution in [0.15, 0.2) is 24.3 Å². The number of hydrogen-bond donors (Lipinski definition) is 1. The van der Waals surface area contributed by atoms with Gasteiger partial charge in [-0.3, -0.25) is 0 Å². The van der Waals surface area contributed by atoms with Gasteiger partial charge in [0.2, 0.25) is 0 Å². The van der Waals surface area contributed by atoms with E-state index in [1.807, 2.05) is 6.07 Å². The highest BCUT2D eigenvalue weighted by Crippen LogP contribution is 2.16. The Labute approximate surface area is 105 Å². The molecule has 0 bridgehead atoms. The van der Waals surface area contributed by atoms with Crippen molar-refractivity contribution in [1.82, 2.24) is 4.90 Å². The lowest BCUT2D eigenvalue weighted by Gasteiger charge is -2.15. The maximum atomic E-state index is 11.7. The Bertz CT molecular complexity index is 494. The second-order valence-corrected chi connectivity index (χ2v) is 3.48. The van der Waals surface area contributed by atoms with Gasteiger partial charge in [-0.05, 0) is 12.1 Å². The Balaban J connectivity index is 2.88. The summed E-state index contributed by atoms with van der Waals surface area (Å²) in [7, 11) is 2.75. The van der Waals surface area contributed by atoms with E-state index in [0.29, 0.717) is 5.69 Å². The topological polar surface area (TPSA) is 82.4 Å². The molecule has 18 heavy (non-hydrogen) atoms. The Hall–Kier alpha value is -2.55. The summed E-state index contributed by atoms with van der Waals surface area (Å²) in [5.74, 6) is -0.533. The van der Waals surface area contributed by atoms with E-state index in [0.717, 1.165) is 0 Å². The number of carbonyl (C=O) groups excluding carboxylic acids is 2. The van der Waals surface area contributed by atoms with Crippen molar-refractivity contribution in [3.05, 3.63) is 29.8 Å². The normalized spacial score (nSPS) is 9.17. The van der Waals surface area contributed by atoms with Crippen LogP contribution in [0, 0.1) is 11.3 Å². The molecule has 6 heteroatoms. The number of para-hydroxylation sites is 1. The molecular formula is C12H13N3O3. The van der Waals surface area contributed by atoms with Gasteiger partial charge >= 0.3 is 12.0 Å². The quantitative estimate of drug-likeness (QED) is 0.647. The molecular weight excluding hydrogens is 234 g/mol. The van der Waals surface area contributed by atoms with Gasteiger partial charge in [-0.15, -0.1) is 0 Å². The number of carbonyl (C=O) groups is 2. The largest absolute Gasteiger partial charge is 0.465 e. The van der Waals surface area contributed by atoms with Crippen LogP contribution in [0.25, 0.3) is 0 Å². The number of nitrogens with one attached hydrogen (secondary N) is 1. The van der Waals surface area contributed by atoms with E-state index in [1.165, 1.54) is 19.1 Å². The van der Waals surface area contributed by atoms with Crippen molar-refractivity contribution < 1.29 is 14.3 Å². The fraction of sp³-hybridized carbons (Fsp3) is 0.250. The number of hydrogen-bond acceptors (Lipinski definition) is 4. The third-order valence-corrected chi connectivity index (χ3v) is 2.23. The van der Waals surface area contributed by atoms with E-state index in [-0.39, 0.29) is 12.1 Å². The molecule has 1 aromatic rings. The monoisotopic (exact) mass is 247 g/mol. The molecule has 0 saturated heterocycles. The first-order valence-electron chi connectivity index (χ1n) is 5.16. The highest BCUT2D eigenvalue weighted by atomic mass is 16.5. The van der Waals surface area contributed by atoms with E-state index in [1.54, 1.807) is 24.3 Å². The van der Waals surface area contributed by atoms with E-state index < -0.39 is 12.0 Å². The van der Waals surface area contributed by atoms with Gasteiger partial charge in [-0.1, -0.05) is 12.1 Å². The number of nitrogens with zero attached hydrogens (tertiary/aromatic N) is 2. The van der Waals surface area contributed by atoms with Crippen LogP contribution in [0.5, 0.6) is 0 Å². The van der Waals surface area contributed by atoms with Gasteiger partial charge in [0.15, 0.2) is 0 Å². The molecule has 0 heterocycles. The number of anilines is 1. The molecule has 0 aliphatic carbocycles. The number of ether oxygens (including phenoxy) is 1. The zero-order chi connectivity index (χ0) is 13.5. The summed E-state index contributed by atoms with van der Waals surface area (Å²) in [6, 6.07) is 7.88. The number of nitriles is 1. The molecule has 0 aliphatic rings. The van der Waals surface area contributed by atoms with Crippen molar-refractivity contribution in [2.45, 2.75) is 0 Å². The molecule has 1 aromatic carbocycles. The smallest absolute Gasteiger partial charge is 0.339 e. The molecule has 1 N–H and O–H groups in total. The van der Waals surface area contributed by atoms with Crippen LogP contribution in [-0.4, -0.2) is 37.6 Å². The predicted molar refractivity (Wildman–Crippen MR) is 65.0 cm³/mol. The molecule has 0 radical (unpaired) electrons. The van der Waals surface area contributed by atoms with Crippen LogP contribution >= 0.6 is 0 Å². The van der Waals surface area contributed by atoms with Crippen LogP contribution in [0.3, 0.4) is 0 Å². The lowest BCUT2D eigenvalue weighted by molar-refractivity contribution is 0.0602. The zero-order valence-corrected chi connectivity index (χ0v) is 10.1. The molecule has 0 fully saturated rings. The fourth-order valence-corrected chi connectivity index (χ4v) is 1.27. The molecule has 0 aliphatic heterocycles. The van der Waals surface area contributed by atoms with Gasteiger partial charge in [0.05, 0.1) is 24.4 Å². The Morgan fingerprint density at radius 3 is 2.72 bits per heavy atom. The van der Waals surface area contributed by atoms with E-state index in [4.69, 9.17) is 5.26 Å². The molecule has 0 spiro atoms. The van der Waals surface area contributed by atoms with Crippen molar-refractivity contribution in [1.29, 1.82) is 5.26 Å². The SMILES string of the molecule is COC(=O)c1ccccc1NC(=O)N(C)CC#N. The Morgan fingerprint density at radius 2 is 2.11 bits per heavy atom. The first-order valence-corrected chi connectivity index (χ1v) is 5.16. The first-order chi connectivity index (χ1) is 8.60. The van der Waals surface area contributed by atoms with Gasteiger partial charge in [-0.25, -0.2) is 9.59 Å². The lowest BCUT2D eigenvalue weighted by atomic mass is 10.2. The second kappa shape index (κ2) is 6.25. The predicted octanol–water partition coefficient (Wildman–Crippen LogP) is 1.46. The molecule has 94 valence electrons. The first kappa shape index (κ1) is 13.5. The fourth-order valence-electron chi connectivity index (χ4n) is 1.27. The molecule has 2 amide bonds. The summed E-state index contributed by atoms with van der Waals surface area (Å²) < 4.78 is 4.61. The number of amides is 2. The molecule has 1 rings (SSSR count). The summed E-state index contributed by atoms with van der Waals surface area (Å²) in [5, 5.41) is 11.0. The Morgan fingerprint density at radius 1 is 1.44 bits per heavy atom. The maximum absolute atomic E-state index is 11.7.